The van der Waals surface area contributed by atoms with E-state index in [4.69, 9.17) is 0 Å². The summed E-state index contributed by atoms with van der Waals surface area (Å²) in [5.41, 5.74) is 1.38. The van der Waals surface area contributed by atoms with Crippen molar-refractivity contribution in [1.29, 1.82) is 0 Å². The molecule has 2 rings (SSSR count). The molecule has 1 atom stereocenters. The highest BCUT2D eigenvalue weighted by atomic mass is 32.2. The third-order valence-corrected chi connectivity index (χ3v) is 5.11. The van der Waals surface area contributed by atoms with Crippen molar-refractivity contribution >= 4 is 11.8 Å². The van der Waals surface area contributed by atoms with E-state index < -0.39 is 0 Å². The number of benzene rings is 1. The molecule has 1 aliphatic heterocycles. The fourth-order valence-corrected chi connectivity index (χ4v) is 3.14. The van der Waals surface area contributed by atoms with Crippen molar-refractivity contribution in [3.8, 4) is 0 Å². The number of nitrogens with one attached hydrogen (secondary N) is 1. The van der Waals surface area contributed by atoms with Crippen LogP contribution in [0.4, 0.5) is 0 Å². The molecule has 0 aliphatic carbocycles. The number of likely N-dealkylation sites (tertiary alicyclic amines) is 1. The molecule has 2 nitrogen and oxygen atoms in total. The van der Waals surface area contributed by atoms with Gasteiger partial charge in [0, 0.05) is 24.0 Å². The van der Waals surface area contributed by atoms with Gasteiger partial charge in [0.2, 0.25) is 0 Å². The molecule has 0 bridgehead atoms. The van der Waals surface area contributed by atoms with E-state index in [0.29, 0.717) is 6.04 Å². The molecule has 0 radical (unpaired) electrons. The number of rotatable bonds is 6. The van der Waals surface area contributed by atoms with Crippen LogP contribution < -0.4 is 5.32 Å². The molecule has 1 aromatic carbocycles. The van der Waals surface area contributed by atoms with E-state index in [-0.39, 0.29) is 0 Å². The summed E-state index contributed by atoms with van der Waals surface area (Å²) in [6.07, 6.45) is 4.85. The van der Waals surface area contributed by atoms with Crippen LogP contribution >= 0.6 is 11.8 Å². The number of hydrogen-bond donors (Lipinski definition) is 1. The quantitative estimate of drug-likeness (QED) is 0.803. The Kier molecular flexibility index (Phi) is 6.40. The maximum Gasteiger partial charge on any atom is 0.0292 e. The Labute approximate surface area is 128 Å². The highest BCUT2D eigenvalue weighted by molar-refractivity contribution is 7.98. The van der Waals surface area contributed by atoms with E-state index >= 15 is 0 Å². The van der Waals surface area contributed by atoms with E-state index in [0.717, 1.165) is 12.5 Å². The number of piperidine rings is 1. The van der Waals surface area contributed by atoms with Crippen LogP contribution in [0.15, 0.2) is 29.2 Å². The van der Waals surface area contributed by atoms with E-state index in [1.807, 2.05) is 0 Å². The predicted molar refractivity (Wildman–Crippen MR) is 89.5 cm³/mol. The molecule has 0 spiro atoms. The Morgan fingerprint density at radius 2 is 1.90 bits per heavy atom. The normalized spacial score (nSPS) is 19.1. The van der Waals surface area contributed by atoms with Gasteiger partial charge in [-0.1, -0.05) is 19.1 Å². The Bertz CT molecular complexity index is 382. The Hall–Kier alpha value is -0.510. The fraction of sp³-hybridized carbons (Fsp3) is 0.647. The summed E-state index contributed by atoms with van der Waals surface area (Å²) in [5, 5.41) is 3.65. The van der Waals surface area contributed by atoms with Gasteiger partial charge in [-0.05, 0) is 62.7 Å². The van der Waals surface area contributed by atoms with Crippen LogP contribution in [0.25, 0.3) is 0 Å². The van der Waals surface area contributed by atoms with Gasteiger partial charge in [-0.15, -0.1) is 11.8 Å². The average molecular weight is 292 g/mol. The average Bonchev–Trinajstić information content (AvgIpc) is 2.49. The van der Waals surface area contributed by atoms with Gasteiger partial charge in [-0.25, -0.2) is 0 Å². The summed E-state index contributed by atoms with van der Waals surface area (Å²) in [4.78, 5) is 3.93. The van der Waals surface area contributed by atoms with Gasteiger partial charge < -0.3 is 10.2 Å². The second-order valence-corrected chi connectivity index (χ2v) is 6.85. The fourth-order valence-electron chi connectivity index (χ4n) is 2.74. The first-order valence-electron chi connectivity index (χ1n) is 7.78. The molecule has 1 aliphatic rings. The summed E-state index contributed by atoms with van der Waals surface area (Å²) in [5.74, 6) is 0.924. The van der Waals surface area contributed by atoms with E-state index in [1.54, 1.807) is 11.8 Å². The molecule has 1 unspecified atom stereocenters. The van der Waals surface area contributed by atoms with Crippen molar-refractivity contribution in [2.45, 2.75) is 37.6 Å². The standard InChI is InChI=1S/C17H28N2S/c1-14-8-11-19(12-9-14)13-10-18-15(2)16-4-6-17(20-3)7-5-16/h4-7,14-15,18H,8-13H2,1-3H3. The molecule has 0 amide bonds. The molecule has 1 heterocycles. The molecule has 112 valence electrons. The minimum absolute atomic E-state index is 0.439. The van der Waals surface area contributed by atoms with Crippen molar-refractivity contribution < 1.29 is 0 Å². The molecule has 20 heavy (non-hydrogen) atoms. The molecule has 1 fully saturated rings. The van der Waals surface area contributed by atoms with Gasteiger partial charge in [-0.3, -0.25) is 0 Å². The molecular formula is C17H28N2S. The maximum absolute atomic E-state index is 3.65. The molecule has 1 aromatic rings. The van der Waals surface area contributed by atoms with E-state index in [2.05, 4.69) is 54.6 Å². The van der Waals surface area contributed by atoms with Gasteiger partial charge in [0.25, 0.3) is 0 Å². The molecule has 1 N–H and O–H groups in total. The van der Waals surface area contributed by atoms with Crippen molar-refractivity contribution in [2.24, 2.45) is 5.92 Å². The number of nitrogens with zero attached hydrogens (tertiary/aromatic N) is 1. The number of hydrogen-bond acceptors (Lipinski definition) is 3. The Balaban J connectivity index is 1.70. The third kappa shape index (κ3) is 4.80. The monoisotopic (exact) mass is 292 g/mol. The van der Waals surface area contributed by atoms with Crippen LogP contribution in [-0.4, -0.2) is 37.3 Å². The summed E-state index contributed by atoms with van der Waals surface area (Å²) in [6, 6.07) is 9.35. The lowest BCUT2D eigenvalue weighted by atomic mass is 9.99. The summed E-state index contributed by atoms with van der Waals surface area (Å²) >= 11 is 1.80. The molecule has 0 saturated carbocycles. The minimum Gasteiger partial charge on any atom is -0.309 e. The second-order valence-electron chi connectivity index (χ2n) is 5.97. The maximum atomic E-state index is 3.65. The third-order valence-electron chi connectivity index (χ3n) is 4.37. The predicted octanol–water partition coefficient (Wildman–Crippen LogP) is 3.79. The Morgan fingerprint density at radius 1 is 1.25 bits per heavy atom. The van der Waals surface area contributed by atoms with E-state index in [9.17, 15) is 0 Å². The summed E-state index contributed by atoms with van der Waals surface area (Å²) in [7, 11) is 0. The Morgan fingerprint density at radius 3 is 2.50 bits per heavy atom. The number of thioether (sulfide) groups is 1. The van der Waals surface area contributed by atoms with Gasteiger partial charge in [-0.2, -0.15) is 0 Å². The van der Waals surface area contributed by atoms with Gasteiger partial charge in [0.1, 0.15) is 0 Å². The van der Waals surface area contributed by atoms with Crippen molar-refractivity contribution in [2.75, 3.05) is 32.4 Å². The lowest BCUT2D eigenvalue weighted by Crippen LogP contribution is -2.38. The molecule has 0 aromatic heterocycles. The highest BCUT2D eigenvalue weighted by Crippen LogP contribution is 2.19. The first-order valence-corrected chi connectivity index (χ1v) is 9.01. The van der Waals surface area contributed by atoms with Crippen molar-refractivity contribution in [3.63, 3.8) is 0 Å². The topological polar surface area (TPSA) is 15.3 Å². The van der Waals surface area contributed by atoms with Gasteiger partial charge in [0.15, 0.2) is 0 Å². The summed E-state index contributed by atoms with van der Waals surface area (Å²) < 4.78 is 0. The first kappa shape index (κ1) is 15.9. The smallest absolute Gasteiger partial charge is 0.0292 e. The van der Waals surface area contributed by atoms with Crippen LogP contribution in [0.1, 0.15) is 38.3 Å². The SMILES string of the molecule is CSc1ccc(C(C)NCCN2CCC(C)CC2)cc1. The largest absolute Gasteiger partial charge is 0.309 e. The lowest BCUT2D eigenvalue weighted by Gasteiger charge is -2.30. The zero-order valence-electron chi connectivity index (χ0n) is 13.1. The summed E-state index contributed by atoms with van der Waals surface area (Å²) in [6.45, 7) is 9.45. The first-order chi connectivity index (χ1) is 9.69. The highest BCUT2D eigenvalue weighted by Gasteiger charge is 2.15. The lowest BCUT2D eigenvalue weighted by molar-refractivity contribution is 0.191. The van der Waals surface area contributed by atoms with Crippen LogP contribution in [0, 0.1) is 5.92 Å². The van der Waals surface area contributed by atoms with Crippen LogP contribution in [0.2, 0.25) is 0 Å². The molecular weight excluding hydrogens is 264 g/mol. The van der Waals surface area contributed by atoms with Gasteiger partial charge in [0.05, 0.1) is 0 Å². The van der Waals surface area contributed by atoms with Crippen LogP contribution in [0.5, 0.6) is 0 Å². The minimum atomic E-state index is 0.439. The van der Waals surface area contributed by atoms with Crippen LogP contribution in [0.3, 0.4) is 0 Å². The van der Waals surface area contributed by atoms with Crippen molar-refractivity contribution in [3.05, 3.63) is 29.8 Å². The second kappa shape index (κ2) is 8.06. The molecule has 1 saturated heterocycles. The zero-order chi connectivity index (χ0) is 14.4. The van der Waals surface area contributed by atoms with Crippen LogP contribution in [-0.2, 0) is 0 Å². The van der Waals surface area contributed by atoms with Crippen molar-refractivity contribution in [1.82, 2.24) is 10.2 Å². The molecule has 3 heteroatoms. The zero-order valence-corrected chi connectivity index (χ0v) is 13.9. The van der Waals surface area contributed by atoms with E-state index in [1.165, 1.54) is 42.9 Å². The van der Waals surface area contributed by atoms with Gasteiger partial charge >= 0.3 is 0 Å².